The Morgan fingerprint density at radius 3 is 2.44 bits per heavy atom. The predicted octanol–water partition coefficient (Wildman–Crippen LogP) is 4.28. The molecular formula is C13H19BrFN. The predicted molar refractivity (Wildman–Crippen MR) is 70.0 cm³/mol. The van der Waals surface area contributed by atoms with Crippen molar-refractivity contribution in [2.24, 2.45) is 5.92 Å². The Bertz CT molecular complexity index is 337. The molecule has 3 heteroatoms. The highest BCUT2D eigenvalue weighted by Crippen LogP contribution is 2.32. The number of benzene rings is 1. The smallest absolute Gasteiger partial charge is 0.123 e. The van der Waals surface area contributed by atoms with Crippen molar-refractivity contribution in [3.8, 4) is 0 Å². The molecule has 16 heavy (non-hydrogen) atoms. The van der Waals surface area contributed by atoms with Gasteiger partial charge in [0.25, 0.3) is 0 Å². The van der Waals surface area contributed by atoms with Crippen molar-refractivity contribution in [3.05, 3.63) is 34.1 Å². The van der Waals surface area contributed by atoms with Crippen molar-refractivity contribution >= 4 is 15.9 Å². The lowest BCUT2D eigenvalue weighted by Gasteiger charge is -2.26. The maximum Gasteiger partial charge on any atom is 0.123 e. The molecule has 0 saturated carbocycles. The molecule has 0 saturated heterocycles. The van der Waals surface area contributed by atoms with E-state index in [-0.39, 0.29) is 11.9 Å². The quantitative estimate of drug-likeness (QED) is 0.852. The van der Waals surface area contributed by atoms with E-state index in [1.54, 1.807) is 12.1 Å². The van der Waals surface area contributed by atoms with Crippen LogP contribution < -0.4 is 5.32 Å². The summed E-state index contributed by atoms with van der Waals surface area (Å²) in [5.74, 6) is 0.354. The van der Waals surface area contributed by atoms with Crippen LogP contribution in [0.3, 0.4) is 0 Å². The molecule has 0 aliphatic rings. The zero-order valence-electron chi connectivity index (χ0n) is 10.1. The third-order valence-corrected chi connectivity index (χ3v) is 3.85. The molecule has 0 amide bonds. The van der Waals surface area contributed by atoms with Crippen molar-refractivity contribution in [1.82, 2.24) is 5.32 Å². The van der Waals surface area contributed by atoms with Gasteiger partial charge in [-0.25, -0.2) is 4.39 Å². The van der Waals surface area contributed by atoms with E-state index >= 15 is 0 Å². The van der Waals surface area contributed by atoms with Crippen LogP contribution >= 0.6 is 15.9 Å². The van der Waals surface area contributed by atoms with E-state index in [1.807, 2.05) is 7.05 Å². The van der Waals surface area contributed by atoms with E-state index in [0.717, 1.165) is 22.9 Å². The first-order valence-corrected chi connectivity index (χ1v) is 6.55. The standard InChI is InChI=1S/C13H19BrFN/c1-4-9(5-2)13(16-3)11-8-10(15)6-7-12(11)14/h6-9,13,16H,4-5H2,1-3H3. The van der Waals surface area contributed by atoms with Gasteiger partial charge in [-0.1, -0.05) is 42.6 Å². The minimum absolute atomic E-state index is 0.176. The average Bonchev–Trinajstić information content (AvgIpc) is 2.29. The maximum atomic E-state index is 13.3. The number of hydrogen-bond acceptors (Lipinski definition) is 1. The van der Waals surface area contributed by atoms with Crippen molar-refractivity contribution in [2.45, 2.75) is 32.7 Å². The lowest BCUT2D eigenvalue weighted by atomic mass is 9.89. The summed E-state index contributed by atoms with van der Waals surface area (Å²) in [4.78, 5) is 0. The zero-order chi connectivity index (χ0) is 12.1. The molecule has 1 N–H and O–H groups in total. The minimum atomic E-state index is -0.176. The Hall–Kier alpha value is -0.410. The Morgan fingerprint density at radius 2 is 1.94 bits per heavy atom. The van der Waals surface area contributed by atoms with Gasteiger partial charge in [0.05, 0.1) is 0 Å². The molecule has 1 unspecified atom stereocenters. The summed E-state index contributed by atoms with van der Waals surface area (Å²) in [5, 5.41) is 3.29. The van der Waals surface area contributed by atoms with Gasteiger partial charge in [-0.3, -0.25) is 0 Å². The van der Waals surface area contributed by atoms with Gasteiger partial charge < -0.3 is 5.32 Å². The second-order valence-corrected chi connectivity index (χ2v) is 4.86. The molecule has 1 aromatic carbocycles. The summed E-state index contributed by atoms with van der Waals surface area (Å²) < 4.78 is 14.2. The summed E-state index contributed by atoms with van der Waals surface area (Å²) in [6.45, 7) is 4.34. The summed E-state index contributed by atoms with van der Waals surface area (Å²) in [5.41, 5.74) is 1.01. The normalized spacial score (nSPS) is 13.1. The van der Waals surface area contributed by atoms with E-state index in [2.05, 4.69) is 35.1 Å². The Labute approximate surface area is 106 Å². The van der Waals surface area contributed by atoms with Gasteiger partial charge in [0, 0.05) is 10.5 Å². The fourth-order valence-electron chi connectivity index (χ4n) is 2.16. The minimum Gasteiger partial charge on any atom is -0.313 e. The highest BCUT2D eigenvalue weighted by molar-refractivity contribution is 9.10. The molecule has 0 heterocycles. The van der Waals surface area contributed by atoms with Crippen LogP contribution in [0.5, 0.6) is 0 Å². The first-order chi connectivity index (χ1) is 7.63. The summed E-state index contributed by atoms with van der Waals surface area (Å²) in [6, 6.07) is 5.08. The van der Waals surface area contributed by atoms with Crippen LogP contribution in [0.2, 0.25) is 0 Å². The molecule has 0 bridgehead atoms. The van der Waals surface area contributed by atoms with Crippen molar-refractivity contribution < 1.29 is 4.39 Å². The monoisotopic (exact) mass is 287 g/mol. The van der Waals surface area contributed by atoms with Gasteiger partial charge >= 0.3 is 0 Å². The zero-order valence-corrected chi connectivity index (χ0v) is 11.6. The third kappa shape index (κ3) is 3.05. The number of hydrogen-bond donors (Lipinski definition) is 1. The number of nitrogens with one attached hydrogen (secondary N) is 1. The largest absolute Gasteiger partial charge is 0.313 e. The van der Waals surface area contributed by atoms with Gasteiger partial charge in [0.1, 0.15) is 5.82 Å². The van der Waals surface area contributed by atoms with E-state index in [0.29, 0.717) is 5.92 Å². The second-order valence-electron chi connectivity index (χ2n) is 4.01. The van der Waals surface area contributed by atoms with Crippen LogP contribution in [0.25, 0.3) is 0 Å². The fraction of sp³-hybridized carbons (Fsp3) is 0.538. The molecule has 1 rings (SSSR count). The molecule has 1 atom stereocenters. The average molecular weight is 288 g/mol. The maximum absolute atomic E-state index is 13.3. The fourth-order valence-corrected chi connectivity index (χ4v) is 2.65. The van der Waals surface area contributed by atoms with Crippen LogP contribution in [0.4, 0.5) is 4.39 Å². The molecule has 0 radical (unpaired) electrons. The Kier molecular flexibility index (Phi) is 5.42. The van der Waals surface area contributed by atoms with E-state index in [9.17, 15) is 4.39 Å². The van der Waals surface area contributed by atoms with Crippen LogP contribution in [-0.4, -0.2) is 7.05 Å². The van der Waals surface area contributed by atoms with Gasteiger partial charge in [-0.05, 0) is 36.7 Å². The van der Waals surface area contributed by atoms with Crippen LogP contribution in [0.1, 0.15) is 38.3 Å². The first kappa shape index (κ1) is 13.7. The highest BCUT2D eigenvalue weighted by Gasteiger charge is 2.21. The number of rotatable bonds is 5. The van der Waals surface area contributed by atoms with Crippen molar-refractivity contribution in [2.75, 3.05) is 7.05 Å². The molecule has 0 spiro atoms. The van der Waals surface area contributed by atoms with Crippen LogP contribution in [-0.2, 0) is 0 Å². The number of halogens is 2. The van der Waals surface area contributed by atoms with Gasteiger partial charge in [-0.15, -0.1) is 0 Å². The van der Waals surface area contributed by atoms with E-state index < -0.39 is 0 Å². The van der Waals surface area contributed by atoms with Gasteiger partial charge in [0.2, 0.25) is 0 Å². The SMILES string of the molecule is CCC(CC)C(NC)c1cc(F)ccc1Br. The lowest BCUT2D eigenvalue weighted by Crippen LogP contribution is -2.25. The van der Waals surface area contributed by atoms with Crippen molar-refractivity contribution in [3.63, 3.8) is 0 Å². The molecule has 1 nitrogen and oxygen atoms in total. The summed E-state index contributed by atoms with van der Waals surface area (Å²) in [7, 11) is 1.93. The molecular weight excluding hydrogens is 269 g/mol. The second kappa shape index (κ2) is 6.36. The molecule has 0 fully saturated rings. The van der Waals surface area contributed by atoms with Crippen LogP contribution in [0.15, 0.2) is 22.7 Å². The van der Waals surface area contributed by atoms with Crippen molar-refractivity contribution in [1.29, 1.82) is 0 Å². The van der Waals surface area contributed by atoms with E-state index in [1.165, 1.54) is 6.07 Å². The molecule has 90 valence electrons. The third-order valence-electron chi connectivity index (χ3n) is 3.12. The molecule has 0 aliphatic heterocycles. The molecule has 0 aromatic heterocycles. The Balaban J connectivity index is 3.06. The summed E-state index contributed by atoms with van der Waals surface area (Å²) in [6.07, 6.45) is 2.18. The topological polar surface area (TPSA) is 12.0 Å². The first-order valence-electron chi connectivity index (χ1n) is 5.76. The van der Waals surface area contributed by atoms with Gasteiger partial charge in [-0.2, -0.15) is 0 Å². The molecule has 1 aromatic rings. The van der Waals surface area contributed by atoms with E-state index in [4.69, 9.17) is 0 Å². The van der Waals surface area contributed by atoms with Gasteiger partial charge in [0.15, 0.2) is 0 Å². The lowest BCUT2D eigenvalue weighted by molar-refractivity contribution is 0.357. The molecule has 0 aliphatic carbocycles. The highest BCUT2D eigenvalue weighted by atomic mass is 79.9. The summed E-state index contributed by atoms with van der Waals surface area (Å²) >= 11 is 3.49. The Morgan fingerprint density at radius 1 is 1.31 bits per heavy atom. The van der Waals surface area contributed by atoms with Crippen LogP contribution in [0, 0.1) is 11.7 Å².